The molecule has 0 bridgehead atoms. The van der Waals surface area contributed by atoms with Crippen LogP contribution in [-0.4, -0.2) is 40.9 Å². The zero-order chi connectivity index (χ0) is 19.6. The molecule has 2 N–H and O–H groups in total. The lowest BCUT2D eigenvalue weighted by atomic mass is 9.79. The zero-order valence-electron chi connectivity index (χ0n) is 17.2. The molecule has 0 amide bonds. The molecule has 154 valence electrons. The highest BCUT2D eigenvalue weighted by Gasteiger charge is 2.36. The Kier molecular flexibility index (Phi) is 9.74. The highest BCUT2D eigenvalue weighted by Crippen LogP contribution is 2.35. The second kappa shape index (κ2) is 11.8. The molecule has 0 fully saturated rings. The Morgan fingerprint density at radius 1 is 1.11 bits per heavy atom. The molecule has 4 nitrogen and oxygen atoms in total. The first kappa shape index (κ1) is 22.3. The van der Waals surface area contributed by atoms with Gasteiger partial charge in [0.2, 0.25) is 0 Å². The van der Waals surface area contributed by atoms with Crippen molar-refractivity contribution in [3.05, 3.63) is 23.3 Å². The number of unbranched alkanes of at least 4 members (excludes halogenated alkanes) is 5. The number of rotatable bonds is 12. The van der Waals surface area contributed by atoms with Crippen molar-refractivity contribution in [2.75, 3.05) is 6.61 Å². The summed E-state index contributed by atoms with van der Waals surface area (Å²) in [6.45, 7) is 4.05. The molecular formula is C23H38O4. The number of Topliss-reactive ketones (excluding diaryl/α,β-unsaturated/α-hetero) is 1. The lowest BCUT2D eigenvalue weighted by molar-refractivity contribution is -0.119. The van der Waals surface area contributed by atoms with Gasteiger partial charge in [0, 0.05) is 12.3 Å². The number of allylic oxidation sites excluding steroid dienone is 1. The van der Waals surface area contributed by atoms with Gasteiger partial charge in [-0.05, 0) is 49.8 Å². The number of carbonyl (C=O) groups excluding carboxylic acids is 1. The van der Waals surface area contributed by atoms with E-state index in [1.165, 1.54) is 32.1 Å². The Balaban J connectivity index is 1.70. The van der Waals surface area contributed by atoms with Gasteiger partial charge < -0.3 is 14.9 Å². The number of fused-ring (bicyclic) bond motifs is 1. The predicted octanol–water partition coefficient (Wildman–Crippen LogP) is 4.49. The molecular weight excluding hydrogens is 340 g/mol. The van der Waals surface area contributed by atoms with Gasteiger partial charge >= 0.3 is 0 Å². The molecule has 0 aromatic carbocycles. The van der Waals surface area contributed by atoms with E-state index in [0.717, 1.165) is 43.3 Å². The van der Waals surface area contributed by atoms with Crippen LogP contribution in [0.2, 0.25) is 0 Å². The summed E-state index contributed by atoms with van der Waals surface area (Å²) in [6, 6.07) is 0. The topological polar surface area (TPSA) is 66.8 Å². The Labute approximate surface area is 164 Å². The van der Waals surface area contributed by atoms with Crippen LogP contribution in [0.25, 0.3) is 0 Å². The maximum Gasteiger partial charge on any atom is 0.159 e. The van der Waals surface area contributed by atoms with Crippen LogP contribution < -0.4 is 0 Å². The summed E-state index contributed by atoms with van der Waals surface area (Å²) in [4.78, 5) is 11.9. The molecule has 0 radical (unpaired) electrons. The summed E-state index contributed by atoms with van der Waals surface area (Å²) in [7, 11) is 0. The van der Waals surface area contributed by atoms with Gasteiger partial charge in [0.1, 0.15) is 0 Å². The largest absolute Gasteiger partial charge is 0.393 e. The molecule has 2 rings (SSSR count). The van der Waals surface area contributed by atoms with E-state index in [4.69, 9.17) is 4.74 Å². The average molecular weight is 379 g/mol. The lowest BCUT2D eigenvalue weighted by Gasteiger charge is -2.37. The van der Waals surface area contributed by atoms with Crippen molar-refractivity contribution in [2.24, 2.45) is 5.92 Å². The van der Waals surface area contributed by atoms with E-state index in [9.17, 15) is 15.0 Å². The minimum absolute atomic E-state index is 0.0121. The molecule has 0 saturated heterocycles. The minimum atomic E-state index is -0.219. The first-order valence-electron chi connectivity index (χ1n) is 10.9. The van der Waals surface area contributed by atoms with Gasteiger partial charge in [0.05, 0.1) is 24.9 Å². The van der Waals surface area contributed by atoms with Crippen molar-refractivity contribution in [1.29, 1.82) is 0 Å². The van der Waals surface area contributed by atoms with Crippen molar-refractivity contribution in [2.45, 2.75) is 103 Å². The lowest BCUT2D eigenvalue weighted by Crippen LogP contribution is -2.38. The Hall–Kier alpha value is -0.970. The minimum Gasteiger partial charge on any atom is -0.393 e. The normalized spacial score (nSPS) is 26.4. The van der Waals surface area contributed by atoms with Crippen LogP contribution >= 0.6 is 0 Å². The molecule has 1 aliphatic heterocycles. The van der Waals surface area contributed by atoms with E-state index in [1.54, 1.807) is 0 Å². The molecule has 4 atom stereocenters. The molecule has 0 saturated carbocycles. The van der Waals surface area contributed by atoms with Crippen LogP contribution in [0.4, 0.5) is 0 Å². The van der Waals surface area contributed by atoms with Gasteiger partial charge in [-0.2, -0.15) is 0 Å². The van der Waals surface area contributed by atoms with Crippen molar-refractivity contribution in [3.8, 4) is 0 Å². The number of ketones is 1. The summed E-state index contributed by atoms with van der Waals surface area (Å²) in [5, 5.41) is 19.9. The van der Waals surface area contributed by atoms with E-state index in [1.807, 2.05) is 19.1 Å². The summed E-state index contributed by atoms with van der Waals surface area (Å²) in [5.74, 6) is 0.135. The fraction of sp³-hybridized carbons (Fsp3) is 0.783. The monoisotopic (exact) mass is 378 g/mol. The Morgan fingerprint density at radius 2 is 1.81 bits per heavy atom. The van der Waals surface area contributed by atoms with Crippen LogP contribution in [-0.2, 0) is 9.53 Å². The number of hydrogen-bond donors (Lipinski definition) is 2. The fourth-order valence-electron chi connectivity index (χ4n) is 4.19. The SMILES string of the molecule is CCCCCCCC[C@@H](O)CCC[C@H]1C=C(CO)[C@H]2CC(=O)C(C)=C[C@H]2O1. The average Bonchev–Trinajstić information content (AvgIpc) is 2.65. The Morgan fingerprint density at radius 3 is 2.56 bits per heavy atom. The van der Waals surface area contributed by atoms with Crippen LogP contribution in [0.1, 0.15) is 84.5 Å². The number of aliphatic hydroxyl groups excluding tert-OH is 2. The first-order chi connectivity index (χ1) is 13.0. The molecule has 2 aliphatic rings. The number of aliphatic hydroxyl groups is 2. The van der Waals surface area contributed by atoms with E-state index in [-0.39, 0.29) is 36.6 Å². The molecule has 27 heavy (non-hydrogen) atoms. The molecule has 1 aliphatic carbocycles. The Bertz CT molecular complexity index is 522. The van der Waals surface area contributed by atoms with Crippen LogP contribution in [0.3, 0.4) is 0 Å². The van der Waals surface area contributed by atoms with Crippen LogP contribution in [0.15, 0.2) is 23.3 Å². The summed E-state index contributed by atoms with van der Waals surface area (Å²) in [6.07, 6.45) is 15.0. The molecule has 1 heterocycles. The van der Waals surface area contributed by atoms with E-state index in [0.29, 0.717) is 6.42 Å². The standard InChI is InChI=1S/C23H38O4/c1-3-4-5-6-7-8-10-19(25)11-9-12-20-14-18(16-24)21-15-22(26)17(2)13-23(21)27-20/h13-14,19-21,23-25H,3-12,15-16H2,1-2H3/t19-,20+,21-,23-/m1/s1. The molecule has 0 unspecified atom stereocenters. The second-order valence-electron chi connectivity index (χ2n) is 8.26. The molecule has 0 aromatic heterocycles. The maximum atomic E-state index is 11.9. The third-order valence-corrected chi connectivity index (χ3v) is 5.96. The number of carbonyl (C=O) groups is 1. The second-order valence-corrected chi connectivity index (χ2v) is 8.26. The van der Waals surface area contributed by atoms with Gasteiger partial charge in [-0.3, -0.25) is 4.79 Å². The molecule has 0 aromatic rings. The van der Waals surface area contributed by atoms with Crippen molar-refractivity contribution in [3.63, 3.8) is 0 Å². The van der Waals surface area contributed by atoms with E-state index in [2.05, 4.69) is 6.92 Å². The first-order valence-corrected chi connectivity index (χ1v) is 10.9. The molecule has 4 heteroatoms. The number of ether oxygens (including phenoxy) is 1. The third kappa shape index (κ3) is 7.17. The smallest absolute Gasteiger partial charge is 0.159 e. The summed E-state index contributed by atoms with van der Waals surface area (Å²) >= 11 is 0. The van der Waals surface area contributed by atoms with E-state index >= 15 is 0 Å². The highest BCUT2D eigenvalue weighted by atomic mass is 16.5. The summed E-state index contributed by atoms with van der Waals surface area (Å²) in [5.41, 5.74) is 1.70. The molecule has 0 spiro atoms. The zero-order valence-corrected chi connectivity index (χ0v) is 17.2. The third-order valence-electron chi connectivity index (χ3n) is 5.96. The van der Waals surface area contributed by atoms with Crippen molar-refractivity contribution in [1.82, 2.24) is 0 Å². The highest BCUT2D eigenvalue weighted by molar-refractivity contribution is 5.96. The van der Waals surface area contributed by atoms with Crippen molar-refractivity contribution >= 4 is 5.78 Å². The van der Waals surface area contributed by atoms with Gasteiger partial charge in [-0.1, -0.05) is 51.5 Å². The summed E-state index contributed by atoms with van der Waals surface area (Å²) < 4.78 is 6.16. The van der Waals surface area contributed by atoms with Crippen molar-refractivity contribution < 1.29 is 19.7 Å². The maximum absolute atomic E-state index is 11.9. The number of hydrogen-bond acceptors (Lipinski definition) is 4. The van der Waals surface area contributed by atoms with Crippen LogP contribution in [0.5, 0.6) is 0 Å². The van der Waals surface area contributed by atoms with Gasteiger partial charge in [0.25, 0.3) is 0 Å². The quantitative estimate of drug-likeness (QED) is 0.388. The van der Waals surface area contributed by atoms with Gasteiger partial charge in [-0.15, -0.1) is 0 Å². The predicted molar refractivity (Wildman–Crippen MR) is 109 cm³/mol. The van der Waals surface area contributed by atoms with Gasteiger partial charge in [0.15, 0.2) is 5.78 Å². The van der Waals surface area contributed by atoms with Gasteiger partial charge in [-0.25, -0.2) is 0 Å². The fourth-order valence-corrected chi connectivity index (χ4v) is 4.19. The van der Waals surface area contributed by atoms with E-state index < -0.39 is 0 Å². The van der Waals surface area contributed by atoms with Crippen LogP contribution in [0, 0.1) is 5.92 Å².